The second-order valence-electron chi connectivity index (χ2n) is 12.9. The first-order valence-electron chi connectivity index (χ1n) is 15.2. The molecule has 1 saturated carbocycles. The predicted octanol–water partition coefficient (Wildman–Crippen LogP) is 4.73. The lowest BCUT2D eigenvalue weighted by molar-refractivity contribution is -0.144. The number of piperidine rings is 2. The van der Waals surface area contributed by atoms with Gasteiger partial charge in [0.1, 0.15) is 11.2 Å². The number of nitrogens with zero attached hydrogens (tertiary/aromatic N) is 4. The first-order valence-corrected chi connectivity index (χ1v) is 15.2. The van der Waals surface area contributed by atoms with Crippen LogP contribution in [0.1, 0.15) is 75.2 Å². The van der Waals surface area contributed by atoms with Gasteiger partial charge in [0.2, 0.25) is 11.8 Å². The van der Waals surface area contributed by atoms with Crippen LogP contribution in [0.2, 0.25) is 0 Å². The van der Waals surface area contributed by atoms with Crippen molar-refractivity contribution in [1.82, 2.24) is 19.4 Å². The van der Waals surface area contributed by atoms with Crippen LogP contribution in [-0.4, -0.2) is 62.9 Å². The molecule has 3 aliphatic heterocycles. The van der Waals surface area contributed by atoms with Gasteiger partial charge in [-0.1, -0.05) is 42.5 Å². The number of nitrogens with two attached hydrogens (primary N) is 1. The number of para-hydroxylation sites is 2. The van der Waals surface area contributed by atoms with Crippen LogP contribution in [0.15, 0.2) is 54.6 Å². The van der Waals surface area contributed by atoms with Gasteiger partial charge in [0.25, 0.3) is 0 Å². The van der Waals surface area contributed by atoms with E-state index in [0.29, 0.717) is 44.1 Å². The Hall–Kier alpha value is -3.19. The molecule has 2 bridgehead atoms. The number of likely N-dealkylation sites (tertiary alicyclic amines) is 1. The summed E-state index contributed by atoms with van der Waals surface area (Å²) in [7, 11) is 0. The number of aromatic nitrogens is 2. The third-order valence-electron chi connectivity index (χ3n) is 10.9. The Labute approximate surface area is 236 Å². The van der Waals surface area contributed by atoms with Crippen molar-refractivity contribution < 1.29 is 9.59 Å². The van der Waals surface area contributed by atoms with Gasteiger partial charge in [-0.2, -0.15) is 0 Å². The summed E-state index contributed by atoms with van der Waals surface area (Å²) in [5.41, 5.74) is 8.52. The Morgan fingerprint density at radius 2 is 1.55 bits per heavy atom. The number of primary amides is 1. The molecular formula is C33H41N5O2. The molecule has 40 heavy (non-hydrogen) atoms. The van der Waals surface area contributed by atoms with Crippen LogP contribution in [0, 0.1) is 12.3 Å². The molecule has 7 rings (SSSR count). The lowest BCUT2D eigenvalue weighted by Crippen LogP contribution is -2.51. The van der Waals surface area contributed by atoms with Crippen LogP contribution in [-0.2, 0) is 15.0 Å². The minimum absolute atomic E-state index is 0.0379. The van der Waals surface area contributed by atoms with Crippen LogP contribution < -0.4 is 5.73 Å². The Bertz CT molecular complexity index is 1410. The highest BCUT2D eigenvalue weighted by Gasteiger charge is 2.57. The molecule has 1 aromatic heterocycles. The van der Waals surface area contributed by atoms with E-state index in [1.54, 1.807) is 0 Å². The summed E-state index contributed by atoms with van der Waals surface area (Å²) in [5, 5.41) is 0. The van der Waals surface area contributed by atoms with Gasteiger partial charge >= 0.3 is 0 Å². The molecule has 3 aromatic rings. The largest absolute Gasteiger partial charge is 0.369 e. The Kier molecular flexibility index (Phi) is 6.26. The summed E-state index contributed by atoms with van der Waals surface area (Å²) < 4.78 is 2.51. The zero-order chi connectivity index (χ0) is 27.5. The summed E-state index contributed by atoms with van der Waals surface area (Å²) in [6.45, 7) is 4.65. The van der Waals surface area contributed by atoms with Gasteiger partial charge in [-0.05, 0) is 94.4 Å². The van der Waals surface area contributed by atoms with Crippen molar-refractivity contribution >= 4 is 22.8 Å². The molecule has 0 spiro atoms. The molecule has 0 radical (unpaired) electrons. The number of fused-ring (bicyclic) bond motifs is 3. The second kappa shape index (κ2) is 9.72. The quantitative estimate of drug-likeness (QED) is 0.440. The summed E-state index contributed by atoms with van der Waals surface area (Å²) in [6.07, 6.45) is 9.12. The standard InChI is InChI=1S/C33H41N5O2/c1-23-35-28-9-5-6-10-29(28)38(23)27-21-25-11-12-26(22-27)37(25)20-17-32(24-7-3-2-4-8-24)15-18-36(19-16-32)31(40)33(13-14-33)30(34)39/h2-10,25-27H,11-22H2,1H3,(H2,34,39). The van der Waals surface area contributed by atoms with E-state index < -0.39 is 11.3 Å². The zero-order valence-corrected chi connectivity index (χ0v) is 23.6. The highest BCUT2D eigenvalue weighted by molar-refractivity contribution is 6.07. The van der Waals surface area contributed by atoms with Crippen LogP contribution in [0.4, 0.5) is 0 Å². The van der Waals surface area contributed by atoms with Gasteiger partial charge in [0.05, 0.1) is 11.0 Å². The van der Waals surface area contributed by atoms with Crippen molar-refractivity contribution in [2.45, 2.75) is 88.3 Å². The Morgan fingerprint density at radius 1 is 0.900 bits per heavy atom. The molecule has 2 N–H and O–H groups in total. The maximum Gasteiger partial charge on any atom is 0.238 e. The topological polar surface area (TPSA) is 84.5 Å². The van der Waals surface area contributed by atoms with Gasteiger partial charge in [-0.3, -0.25) is 14.5 Å². The van der Waals surface area contributed by atoms with E-state index in [9.17, 15) is 9.59 Å². The number of amides is 2. The number of benzene rings is 2. The molecule has 2 amide bonds. The lowest BCUT2D eigenvalue weighted by Gasteiger charge is -2.46. The fourth-order valence-corrected chi connectivity index (χ4v) is 8.40. The molecule has 4 fully saturated rings. The smallest absolute Gasteiger partial charge is 0.238 e. The van der Waals surface area contributed by atoms with Gasteiger partial charge in [0.15, 0.2) is 0 Å². The Balaban J connectivity index is 1.06. The maximum absolute atomic E-state index is 13.2. The van der Waals surface area contributed by atoms with Crippen molar-refractivity contribution in [2.24, 2.45) is 11.1 Å². The first-order chi connectivity index (χ1) is 19.4. The molecule has 4 aliphatic rings. The predicted molar refractivity (Wildman–Crippen MR) is 156 cm³/mol. The van der Waals surface area contributed by atoms with E-state index in [0.717, 1.165) is 37.1 Å². The van der Waals surface area contributed by atoms with Crippen molar-refractivity contribution in [1.29, 1.82) is 0 Å². The van der Waals surface area contributed by atoms with Crippen LogP contribution in [0.3, 0.4) is 0 Å². The molecule has 7 heteroatoms. The fourth-order valence-electron chi connectivity index (χ4n) is 8.40. The molecule has 210 valence electrons. The van der Waals surface area contributed by atoms with E-state index in [4.69, 9.17) is 10.7 Å². The van der Waals surface area contributed by atoms with Crippen LogP contribution in [0.5, 0.6) is 0 Å². The summed E-state index contributed by atoms with van der Waals surface area (Å²) in [5.74, 6) is 0.645. The fraction of sp³-hybridized carbons (Fsp3) is 0.545. The van der Waals surface area contributed by atoms with E-state index in [-0.39, 0.29) is 11.3 Å². The van der Waals surface area contributed by atoms with E-state index in [1.165, 1.54) is 36.8 Å². The molecule has 1 aliphatic carbocycles. The second-order valence-corrected chi connectivity index (χ2v) is 12.9. The third-order valence-corrected chi connectivity index (χ3v) is 10.9. The number of carbonyl (C=O) groups excluding carboxylic acids is 2. The van der Waals surface area contributed by atoms with Crippen molar-refractivity contribution in [2.75, 3.05) is 19.6 Å². The third kappa shape index (κ3) is 4.16. The van der Waals surface area contributed by atoms with Crippen LogP contribution >= 0.6 is 0 Å². The molecule has 2 unspecified atom stereocenters. The van der Waals surface area contributed by atoms with E-state index >= 15 is 0 Å². The summed E-state index contributed by atoms with van der Waals surface area (Å²) in [4.78, 5) is 34.8. The highest BCUT2D eigenvalue weighted by Crippen LogP contribution is 2.49. The van der Waals surface area contributed by atoms with E-state index in [1.807, 2.05) is 4.90 Å². The van der Waals surface area contributed by atoms with Crippen molar-refractivity contribution in [3.8, 4) is 0 Å². The zero-order valence-electron chi connectivity index (χ0n) is 23.6. The monoisotopic (exact) mass is 539 g/mol. The normalized spacial score (nSPS) is 27.1. The van der Waals surface area contributed by atoms with Gasteiger partial charge in [-0.15, -0.1) is 0 Å². The number of carbonyl (C=O) groups is 2. The van der Waals surface area contributed by atoms with Gasteiger partial charge < -0.3 is 15.2 Å². The Morgan fingerprint density at radius 3 is 2.20 bits per heavy atom. The number of imidazole rings is 1. The first kappa shape index (κ1) is 25.8. The molecule has 2 atom stereocenters. The minimum atomic E-state index is -0.921. The minimum Gasteiger partial charge on any atom is -0.369 e. The van der Waals surface area contributed by atoms with Crippen molar-refractivity contribution in [3.63, 3.8) is 0 Å². The van der Waals surface area contributed by atoms with Gasteiger partial charge in [-0.25, -0.2) is 4.98 Å². The summed E-state index contributed by atoms with van der Waals surface area (Å²) >= 11 is 0. The molecule has 2 aromatic carbocycles. The van der Waals surface area contributed by atoms with Crippen molar-refractivity contribution in [3.05, 3.63) is 66.0 Å². The van der Waals surface area contributed by atoms with E-state index in [2.05, 4.69) is 71.0 Å². The molecule has 3 saturated heterocycles. The number of aryl methyl sites for hydroxylation is 1. The average molecular weight is 540 g/mol. The SMILES string of the molecule is Cc1nc2ccccc2n1C1CC2CCC(C1)N2CCC1(c2ccccc2)CCN(C(=O)C2(C(N)=O)CC2)CC1. The van der Waals surface area contributed by atoms with Crippen LogP contribution in [0.25, 0.3) is 11.0 Å². The number of hydrogen-bond acceptors (Lipinski definition) is 4. The average Bonchev–Trinajstić information content (AvgIpc) is 3.67. The summed E-state index contributed by atoms with van der Waals surface area (Å²) in [6, 6.07) is 21.2. The number of rotatable bonds is 7. The van der Waals surface area contributed by atoms with Gasteiger partial charge in [0, 0.05) is 31.2 Å². The lowest BCUT2D eigenvalue weighted by atomic mass is 9.70. The number of hydrogen-bond donors (Lipinski definition) is 1. The molecule has 4 heterocycles. The molecular weight excluding hydrogens is 498 g/mol. The molecule has 7 nitrogen and oxygen atoms in total. The maximum atomic E-state index is 13.2. The highest BCUT2D eigenvalue weighted by atomic mass is 16.2.